The number of ketones is 1. The lowest BCUT2D eigenvalue weighted by Crippen LogP contribution is -2.12. The van der Waals surface area contributed by atoms with Crippen molar-refractivity contribution in [3.05, 3.63) is 79.3 Å². The number of hydrogen-bond acceptors (Lipinski definition) is 4. The molecule has 0 unspecified atom stereocenters. The van der Waals surface area contributed by atoms with Crippen molar-refractivity contribution in [2.75, 3.05) is 7.11 Å². The summed E-state index contributed by atoms with van der Waals surface area (Å²) in [5.41, 5.74) is 2.68. The molecule has 0 aromatic heterocycles. The van der Waals surface area contributed by atoms with E-state index in [2.05, 4.69) is 15.9 Å². The molecule has 1 aliphatic rings. The Hall–Kier alpha value is -2.73. The van der Waals surface area contributed by atoms with Gasteiger partial charge in [-0.2, -0.15) is 0 Å². The molecule has 6 heteroatoms. The van der Waals surface area contributed by atoms with Gasteiger partial charge in [0.05, 0.1) is 22.1 Å². The quantitative estimate of drug-likeness (QED) is 0.362. The highest BCUT2D eigenvalue weighted by molar-refractivity contribution is 9.10. The molecular formula is C21H18BrNO4. The van der Waals surface area contributed by atoms with Crippen molar-refractivity contribution in [1.82, 2.24) is 0 Å². The fraction of sp³-hybridized carbons (Fsp3) is 0.190. The first kappa shape index (κ1) is 19.0. The van der Waals surface area contributed by atoms with Gasteiger partial charge in [0.25, 0.3) is 5.69 Å². The van der Waals surface area contributed by atoms with E-state index in [1.54, 1.807) is 31.4 Å². The summed E-state index contributed by atoms with van der Waals surface area (Å²) in [6.45, 7) is 0. The van der Waals surface area contributed by atoms with Crippen LogP contribution in [0.2, 0.25) is 0 Å². The van der Waals surface area contributed by atoms with E-state index in [9.17, 15) is 14.9 Å². The number of halogens is 1. The monoisotopic (exact) mass is 427 g/mol. The fourth-order valence-electron chi connectivity index (χ4n) is 3.12. The molecule has 1 aliphatic carbocycles. The lowest BCUT2D eigenvalue weighted by atomic mass is 9.86. The minimum Gasteiger partial charge on any atom is -0.496 e. The van der Waals surface area contributed by atoms with E-state index in [1.807, 2.05) is 24.3 Å². The topological polar surface area (TPSA) is 69.4 Å². The number of rotatable bonds is 4. The third-order valence-corrected chi connectivity index (χ3v) is 5.08. The molecule has 0 saturated heterocycles. The molecule has 0 aliphatic heterocycles. The van der Waals surface area contributed by atoms with Gasteiger partial charge in [0.2, 0.25) is 0 Å². The van der Waals surface area contributed by atoms with E-state index >= 15 is 0 Å². The Balaban J connectivity index is 1.92. The maximum Gasteiger partial charge on any atom is 0.276 e. The molecule has 1 saturated carbocycles. The smallest absolute Gasteiger partial charge is 0.276 e. The van der Waals surface area contributed by atoms with Gasteiger partial charge >= 0.3 is 0 Å². The number of para-hydroxylation sites is 1. The van der Waals surface area contributed by atoms with Crippen molar-refractivity contribution < 1.29 is 14.5 Å². The van der Waals surface area contributed by atoms with Gasteiger partial charge < -0.3 is 4.74 Å². The molecule has 5 nitrogen and oxygen atoms in total. The van der Waals surface area contributed by atoms with Crippen LogP contribution in [0.5, 0.6) is 5.75 Å². The first-order chi connectivity index (χ1) is 13.0. The SMILES string of the molecule is COc1ccc(/C=C2\CCC/C(=C\c3ccccc3[N+](=O)[O-])C2=O)cc1Br. The van der Waals surface area contributed by atoms with E-state index in [0.717, 1.165) is 22.2 Å². The molecule has 2 aromatic carbocycles. The van der Waals surface area contributed by atoms with Gasteiger partial charge in [0, 0.05) is 17.2 Å². The highest BCUT2D eigenvalue weighted by Crippen LogP contribution is 2.31. The minimum atomic E-state index is -0.425. The van der Waals surface area contributed by atoms with Crippen LogP contribution >= 0.6 is 15.9 Å². The molecule has 0 radical (unpaired) electrons. The Morgan fingerprint density at radius 3 is 2.48 bits per heavy atom. The van der Waals surface area contributed by atoms with Crippen molar-refractivity contribution in [3.63, 3.8) is 0 Å². The zero-order valence-corrected chi connectivity index (χ0v) is 16.4. The van der Waals surface area contributed by atoms with E-state index in [0.29, 0.717) is 29.6 Å². The molecule has 0 N–H and O–H groups in total. The second-order valence-corrected chi connectivity index (χ2v) is 7.09. The van der Waals surface area contributed by atoms with Crippen molar-refractivity contribution in [2.24, 2.45) is 0 Å². The maximum absolute atomic E-state index is 12.9. The standard InChI is InChI=1S/C21H18BrNO4/c1-27-20-10-9-14(12-18(20)22)11-16-6-4-7-17(21(16)24)13-15-5-2-3-8-19(15)23(25)26/h2-3,5,8-13H,4,6-7H2,1H3/b16-11+,17-13+. The van der Waals surface area contributed by atoms with Crippen LogP contribution < -0.4 is 4.74 Å². The number of nitro groups is 1. The molecular weight excluding hydrogens is 410 g/mol. The Morgan fingerprint density at radius 2 is 1.81 bits per heavy atom. The van der Waals surface area contributed by atoms with Crippen LogP contribution in [0.3, 0.4) is 0 Å². The number of benzene rings is 2. The van der Waals surface area contributed by atoms with E-state index < -0.39 is 4.92 Å². The number of hydrogen-bond donors (Lipinski definition) is 0. The average molecular weight is 428 g/mol. The fourth-order valence-corrected chi connectivity index (χ4v) is 3.67. The number of nitro benzene ring substituents is 1. The Bertz CT molecular complexity index is 962. The van der Waals surface area contributed by atoms with Crippen LogP contribution in [0.25, 0.3) is 12.2 Å². The Morgan fingerprint density at radius 1 is 1.11 bits per heavy atom. The molecule has 0 amide bonds. The largest absolute Gasteiger partial charge is 0.496 e. The highest BCUT2D eigenvalue weighted by atomic mass is 79.9. The van der Waals surface area contributed by atoms with Gasteiger partial charge in [-0.15, -0.1) is 0 Å². The second kappa shape index (κ2) is 8.31. The van der Waals surface area contributed by atoms with Gasteiger partial charge in [0.15, 0.2) is 5.78 Å². The molecule has 27 heavy (non-hydrogen) atoms. The predicted octanol–water partition coefficient (Wildman–Crippen LogP) is 5.59. The molecule has 3 rings (SSSR count). The number of carbonyl (C=O) groups excluding carboxylic acids is 1. The molecule has 0 bridgehead atoms. The number of Topliss-reactive ketones (excluding diaryl/α,β-unsaturated/α-hetero) is 1. The summed E-state index contributed by atoms with van der Waals surface area (Å²) in [5, 5.41) is 11.2. The summed E-state index contributed by atoms with van der Waals surface area (Å²) >= 11 is 3.45. The average Bonchev–Trinajstić information content (AvgIpc) is 2.65. The maximum atomic E-state index is 12.9. The van der Waals surface area contributed by atoms with Crippen molar-refractivity contribution in [1.29, 1.82) is 0 Å². The first-order valence-electron chi connectivity index (χ1n) is 8.52. The van der Waals surface area contributed by atoms with Crippen LogP contribution in [0.4, 0.5) is 5.69 Å². The van der Waals surface area contributed by atoms with E-state index in [1.165, 1.54) is 6.07 Å². The summed E-state index contributed by atoms with van der Waals surface area (Å²) in [5.74, 6) is 0.676. The van der Waals surface area contributed by atoms with Gasteiger partial charge in [0.1, 0.15) is 5.75 Å². The van der Waals surface area contributed by atoms with Crippen LogP contribution in [0, 0.1) is 10.1 Å². The Labute approximate surface area is 165 Å². The summed E-state index contributed by atoms with van der Waals surface area (Å²) in [6, 6.07) is 12.1. The highest BCUT2D eigenvalue weighted by Gasteiger charge is 2.22. The third-order valence-electron chi connectivity index (χ3n) is 4.46. The molecule has 2 aromatic rings. The van der Waals surface area contributed by atoms with Crippen LogP contribution in [-0.4, -0.2) is 17.8 Å². The third kappa shape index (κ3) is 4.34. The van der Waals surface area contributed by atoms with Gasteiger partial charge in [-0.05, 0) is 71.1 Å². The number of nitrogens with zero attached hydrogens (tertiary/aromatic N) is 1. The van der Waals surface area contributed by atoms with E-state index in [4.69, 9.17) is 4.74 Å². The minimum absolute atomic E-state index is 0.00740. The predicted molar refractivity (Wildman–Crippen MR) is 109 cm³/mol. The van der Waals surface area contributed by atoms with Gasteiger partial charge in [-0.1, -0.05) is 18.2 Å². The molecule has 0 heterocycles. The normalized spacial score (nSPS) is 17.3. The Kier molecular flexibility index (Phi) is 5.86. The van der Waals surface area contributed by atoms with Gasteiger partial charge in [-0.3, -0.25) is 14.9 Å². The summed E-state index contributed by atoms with van der Waals surface area (Å²) < 4.78 is 6.04. The first-order valence-corrected chi connectivity index (χ1v) is 9.31. The van der Waals surface area contributed by atoms with Crippen molar-refractivity contribution in [2.45, 2.75) is 19.3 Å². The summed E-state index contributed by atoms with van der Waals surface area (Å²) in [6.07, 6.45) is 5.67. The second-order valence-electron chi connectivity index (χ2n) is 6.23. The number of methoxy groups -OCH3 is 1. The number of carbonyl (C=O) groups is 1. The van der Waals surface area contributed by atoms with Crippen molar-refractivity contribution >= 4 is 39.6 Å². The van der Waals surface area contributed by atoms with Crippen LogP contribution in [0.15, 0.2) is 58.1 Å². The van der Waals surface area contributed by atoms with Gasteiger partial charge in [-0.25, -0.2) is 0 Å². The van der Waals surface area contributed by atoms with E-state index in [-0.39, 0.29) is 11.5 Å². The lowest BCUT2D eigenvalue weighted by Gasteiger charge is -2.16. The van der Waals surface area contributed by atoms with Crippen LogP contribution in [-0.2, 0) is 4.79 Å². The van der Waals surface area contributed by atoms with Crippen molar-refractivity contribution in [3.8, 4) is 5.75 Å². The molecule has 138 valence electrons. The summed E-state index contributed by atoms with van der Waals surface area (Å²) in [4.78, 5) is 23.7. The summed E-state index contributed by atoms with van der Waals surface area (Å²) in [7, 11) is 1.60. The number of ether oxygens (including phenoxy) is 1. The zero-order chi connectivity index (χ0) is 19.4. The van der Waals surface area contributed by atoms with Crippen LogP contribution in [0.1, 0.15) is 30.4 Å². The lowest BCUT2D eigenvalue weighted by molar-refractivity contribution is -0.385. The molecule has 0 spiro atoms. The molecule has 1 fully saturated rings. The zero-order valence-electron chi connectivity index (χ0n) is 14.8. The number of allylic oxidation sites excluding steroid dienone is 2. The molecule has 0 atom stereocenters.